The Morgan fingerprint density at radius 1 is 1.05 bits per heavy atom. The monoisotopic (exact) mass is 641 g/mol. The molecule has 0 unspecified atom stereocenters. The molecule has 1 heterocycles. The van der Waals surface area contributed by atoms with E-state index in [0.717, 1.165) is 19.6 Å². The molecule has 13 heteroatoms. The highest BCUT2D eigenvalue weighted by Gasteiger charge is 2.44. The summed E-state index contributed by atoms with van der Waals surface area (Å²) in [4.78, 5) is 42.1. The van der Waals surface area contributed by atoms with Crippen LogP contribution in [-0.4, -0.2) is 86.9 Å². The highest BCUT2D eigenvalue weighted by molar-refractivity contribution is 7.90. The van der Waals surface area contributed by atoms with E-state index in [1.165, 1.54) is 18.2 Å². The van der Waals surface area contributed by atoms with E-state index in [4.69, 9.17) is 32.7 Å². The van der Waals surface area contributed by atoms with Gasteiger partial charge in [0.2, 0.25) is 5.91 Å². The van der Waals surface area contributed by atoms with Crippen molar-refractivity contribution in [2.45, 2.75) is 51.3 Å². The third-order valence-corrected chi connectivity index (χ3v) is 9.45. The zero-order valence-corrected chi connectivity index (χ0v) is 26.8. The highest BCUT2D eigenvalue weighted by Crippen LogP contribution is 2.39. The van der Waals surface area contributed by atoms with Gasteiger partial charge in [-0.05, 0) is 49.2 Å². The summed E-state index contributed by atoms with van der Waals surface area (Å²) < 4.78 is 38.3. The summed E-state index contributed by atoms with van der Waals surface area (Å²) >= 11 is 12.1. The Bertz CT molecular complexity index is 1410. The molecule has 230 valence electrons. The van der Waals surface area contributed by atoms with Crippen LogP contribution in [0.5, 0.6) is 5.75 Å². The number of hydrogen-bond acceptors (Lipinski definition) is 8. The molecule has 0 saturated carbocycles. The van der Waals surface area contributed by atoms with Crippen molar-refractivity contribution in [1.29, 1.82) is 0 Å². The Morgan fingerprint density at radius 3 is 2.29 bits per heavy atom. The lowest BCUT2D eigenvalue weighted by Crippen LogP contribution is -2.36. The molecule has 0 aliphatic carbocycles. The lowest BCUT2D eigenvalue weighted by Gasteiger charge is -2.23. The van der Waals surface area contributed by atoms with Crippen LogP contribution in [0.15, 0.2) is 35.2 Å². The van der Waals surface area contributed by atoms with Crippen LogP contribution in [0.4, 0.5) is 0 Å². The fourth-order valence-electron chi connectivity index (χ4n) is 4.50. The van der Waals surface area contributed by atoms with Gasteiger partial charge in [-0.15, -0.1) is 0 Å². The van der Waals surface area contributed by atoms with E-state index in [2.05, 4.69) is 18.7 Å². The normalized spacial score (nSPS) is 13.9. The Balaban J connectivity index is 1.69. The molecule has 10 nitrogen and oxygen atoms in total. The number of hydrogen-bond donors (Lipinski definition) is 0. The van der Waals surface area contributed by atoms with Crippen molar-refractivity contribution in [2.24, 2.45) is 0 Å². The predicted molar refractivity (Wildman–Crippen MR) is 161 cm³/mol. The second kappa shape index (κ2) is 14.5. The van der Waals surface area contributed by atoms with Crippen molar-refractivity contribution in [2.75, 3.05) is 46.6 Å². The Labute approximate surface area is 257 Å². The van der Waals surface area contributed by atoms with Crippen LogP contribution in [0.3, 0.4) is 0 Å². The minimum atomic E-state index is -4.35. The van der Waals surface area contributed by atoms with Crippen LogP contribution in [0.1, 0.15) is 72.7 Å². The summed E-state index contributed by atoms with van der Waals surface area (Å²) in [6.45, 7) is 10.4. The smallest absolute Gasteiger partial charge is 0.342 e. The van der Waals surface area contributed by atoms with Crippen LogP contribution < -0.4 is 4.74 Å². The van der Waals surface area contributed by atoms with Crippen molar-refractivity contribution >= 4 is 51.0 Å². The number of rotatable bonds is 14. The number of fused-ring (bicyclic) bond motifs is 1. The third-order valence-electron chi connectivity index (χ3n) is 7.09. The highest BCUT2D eigenvalue weighted by atomic mass is 35.5. The summed E-state index contributed by atoms with van der Waals surface area (Å²) in [6, 6.07) is 7.35. The van der Waals surface area contributed by atoms with Gasteiger partial charge in [0, 0.05) is 32.6 Å². The minimum absolute atomic E-state index is 0.000907. The Kier molecular flexibility index (Phi) is 11.7. The molecule has 1 aliphatic heterocycles. The molecule has 2 aromatic rings. The Morgan fingerprint density at radius 2 is 1.69 bits per heavy atom. The summed E-state index contributed by atoms with van der Waals surface area (Å²) in [5, 5.41) is 0.0616. The van der Waals surface area contributed by atoms with Crippen LogP contribution in [-0.2, 0) is 19.6 Å². The lowest BCUT2D eigenvalue weighted by molar-refractivity contribution is -0.130. The van der Waals surface area contributed by atoms with Crippen LogP contribution in [0, 0.1) is 0 Å². The molecule has 2 aromatic carbocycles. The van der Waals surface area contributed by atoms with Gasteiger partial charge in [-0.1, -0.05) is 57.0 Å². The lowest BCUT2D eigenvalue weighted by atomic mass is 9.96. The van der Waals surface area contributed by atoms with Gasteiger partial charge in [-0.3, -0.25) is 9.59 Å². The Hall–Kier alpha value is -2.86. The number of sulfonamides is 1. The van der Waals surface area contributed by atoms with Gasteiger partial charge >= 0.3 is 5.97 Å². The number of nitrogens with zero attached hydrogens (tertiary/aromatic N) is 3. The van der Waals surface area contributed by atoms with Crippen molar-refractivity contribution in [3.63, 3.8) is 0 Å². The van der Waals surface area contributed by atoms with Gasteiger partial charge in [0.25, 0.3) is 15.9 Å². The van der Waals surface area contributed by atoms with E-state index < -0.39 is 28.6 Å². The van der Waals surface area contributed by atoms with Gasteiger partial charge < -0.3 is 19.3 Å². The van der Waals surface area contributed by atoms with Gasteiger partial charge in [0.05, 0.1) is 27.8 Å². The molecule has 3 rings (SSSR count). The van der Waals surface area contributed by atoms with E-state index in [9.17, 15) is 22.8 Å². The molecule has 0 bridgehead atoms. The third kappa shape index (κ3) is 7.55. The van der Waals surface area contributed by atoms with Gasteiger partial charge in [-0.25, -0.2) is 13.2 Å². The topological polar surface area (TPSA) is 114 Å². The van der Waals surface area contributed by atoms with Crippen LogP contribution in [0.2, 0.25) is 10.0 Å². The van der Waals surface area contributed by atoms with E-state index in [1.807, 2.05) is 13.8 Å². The second-order valence-electron chi connectivity index (χ2n) is 10.2. The first-order chi connectivity index (χ1) is 19.8. The van der Waals surface area contributed by atoms with E-state index in [1.54, 1.807) is 24.1 Å². The number of likely N-dealkylation sites (N-methyl/N-ethyl adjacent to an activating group) is 2. The van der Waals surface area contributed by atoms with Gasteiger partial charge in [0.15, 0.2) is 6.73 Å². The molecule has 42 heavy (non-hydrogen) atoms. The molecule has 0 aromatic heterocycles. The average Bonchev–Trinajstić information content (AvgIpc) is 3.13. The maximum absolute atomic E-state index is 13.4. The second-order valence-corrected chi connectivity index (χ2v) is 12.8. The number of ether oxygens (including phenoxy) is 2. The minimum Gasteiger partial charge on any atom is -0.494 e. The van der Waals surface area contributed by atoms with Crippen LogP contribution >= 0.6 is 23.2 Å². The van der Waals surface area contributed by atoms with E-state index in [0.29, 0.717) is 22.8 Å². The number of carbonyl (C=O) groups excluding carboxylic acids is 3. The molecule has 0 atom stereocenters. The molecule has 0 spiro atoms. The summed E-state index contributed by atoms with van der Waals surface area (Å²) in [6.07, 6.45) is 0.711. The fourth-order valence-corrected chi connectivity index (χ4v) is 6.52. The SMILES string of the molecule is CCN(CC)CCN(C)C(=O)CCCOc1cc(C(C)C)c2c(c1)S(=O)(=O)N(COC(=O)c1c(Cl)cccc1Cl)C2=O. The standard InChI is InChI=1S/C29H37Cl2N3O7S/c1-6-33(7-2)14-13-32(5)25(35)12-9-15-40-20-16-21(19(3)4)26-24(17-20)42(38,39)34(28(26)36)18-41-29(37)27-22(30)10-8-11-23(27)31/h8,10-11,16-17,19H,6-7,9,12-15,18H2,1-5H3. The fraction of sp³-hybridized carbons (Fsp3) is 0.483. The molecule has 0 N–H and O–H groups in total. The maximum Gasteiger partial charge on any atom is 0.342 e. The quantitative estimate of drug-likeness (QED) is 0.208. The van der Waals surface area contributed by atoms with Crippen molar-refractivity contribution < 1.29 is 32.3 Å². The van der Waals surface area contributed by atoms with Crippen molar-refractivity contribution in [3.05, 3.63) is 57.1 Å². The summed E-state index contributed by atoms with van der Waals surface area (Å²) in [7, 11) is -2.58. The molecule has 1 aliphatic rings. The number of amides is 2. The maximum atomic E-state index is 13.4. The van der Waals surface area contributed by atoms with Crippen molar-refractivity contribution in [1.82, 2.24) is 14.1 Å². The van der Waals surface area contributed by atoms with Gasteiger partial charge in [-0.2, -0.15) is 4.31 Å². The first-order valence-corrected chi connectivity index (χ1v) is 16.0. The molecule has 0 fully saturated rings. The van der Waals surface area contributed by atoms with E-state index >= 15 is 0 Å². The predicted octanol–water partition coefficient (Wildman–Crippen LogP) is 5.04. The largest absolute Gasteiger partial charge is 0.494 e. The molecule has 2 amide bonds. The summed E-state index contributed by atoms with van der Waals surface area (Å²) in [5.41, 5.74) is 0.356. The molecule has 0 saturated heterocycles. The molecular formula is C29H37Cl2N3O7S. The first kappa shape index (κ1) is 33.6. The number of benzene rings is 2. The molecular weight excluding hydrogens is 605 g/mol. The first-order valence-electron chi connectivity index (χ1n) is 13.8. The number of halogens is 2. The summed E-state index contributed by atoms with van der Waals surface area (Å²) in [5.74, 6) is -1.73. The zero-order chi connectivity index (χ0) is 31.2. The number of carbonyl (C=O) groups is 3. The number of esters is 1. The average molecular weight is 643 g/mol. The van der Waals surface area contributed by atoms with Crippen molar-refractivity contribution in [3.8, 4) is 5.75 Å². The zero-order valence-electron chi connectivity index (χ0n) is 24.5. The molecule has 0 radical (unpaired) electrons. The van der Waals surface area contributed by atoms with Crippen LogP contribution in [0.25, 0.3) is 0 Å². The van der Waals surface area contributed by atoms with Gasteiger partial charge in [0.1, 0.15) is 10.6 Å². The van der Waals surface area contributed by atoms with E-state index in [-0.39, 0.29) is 56.7 Å².